The highest BCUT2D eigenvalue weighted by atomic mass is 32.2. The number of quaternary nitrogens is 1. The summed E-state index contributed by atoms with van der Waals surface area (Å²) in [4.78, 5) is 1.43. The van der Waals surface area contributed by atoms with Gasteiger partial charge in [-0.15, -0.1) is 0 Å². The molecule has 1 heterocycles. The Morgan fingerprint density at radius 2 is 1.59 bits per heavy atom. The molecule has 0 unspecified atom stereocenters. The van der Waals surface area contributed by atoms with Gasteiger partial charge in [0.25, 0.3) is 0 Å². The van der Waals surface area contributed by atoms with Gasteiger partial charge in [-0.05, 0) is 48.5 Å². The van der Waals surface area contributed by atoms with Gasteiger partial charge in [0.2, 0.25) is 10.0 Å². The number of rotatable bonds is 7. The molecule has 2 aromatic rings. The molecule has 146 valence electrons. The third kappa shape index (κ3) is 4.97. The summed E-state index contributed by atoms with van der Waals surface area (Å²) in [5.74, 6) is 1.12. The van der Waals surface area contributed by atoms with Crippen LogP contribution >= 0.6 is 0 Å². The van der Waals surface area contributed by atoms with E-state index in [1.807, 2.05) is 24.3 Å². The molecule has 0 saturated carbocycles. The summed E-state index contributed by atoms with van der Waals surface area (Å²) in [5.41, 5.74) is 0. The molecule has 1 aliphatic heterocycles. The van der Waals surface area contributed by atoms with Crippen molar-refractivity contribution >= 4 is 10.0 Å². The molecule has 1 fully saturated rings. The number of hydrogen-bond acceptors (Lipinski definition) is 4. The van der Waals surface area contributed by atoms with E-state index in [1.54, 1.807) is 7.11 Å². The van der Waals surface area contributed by atoms with Gasteiger partial charge in [0, 0.05) is 0 Å². The lowest BCUT2D eigenvalue weighted by Crippen LogP contribution is -3.15. The molecule has 3 rings (SSSR count). The minimum atomic E-state index is -3.56. The zero-order valence-corrected chi connectivity index (χ0v) is 16.0. The highest BCUT2D eigenvalue weighted by molar-refractivity contribution is 7.89. The monoisotopic (exact) mass is 395 g/mol. The lowest BCUT2D eigenvalue weighted by molar-refractivity contribution is -0.903. The van der Waals surface area contributed by atoms with Crippen molar-refractivity contribution in [2.75, 3.05) is 46.4 Å². The number of piperazine rings is 1. The van der Waals surface area contributed by atoms with Crippen molar-refractivity contribution in [3.63, 3.8) is 0 Å². The first-order valence-electron chi connectivity index (χ1n) is 8.85. The van der Waals surface area contributed by atoms with Crippen LogP contribution in [0.4, 0.5) is 4.39 Å². The average molecular weight is 395 g/mol. The maximum atomic E-state index is 13.0. The number of nitrogens with zero attached hydrogens (tertiary/aromatic N) is 1. The Bertz CT molecular complexity index is 833. The van der Waals surface area contributed by atoms with Gasteiger partial charge in [-0.2, -0.15) is 4.31 Å². The van der Waals surface area contributed by atoms with Gasteiger partial charge in [-0.1, -0.05) is 0 Å². The van der Waals surface area contributed by atoms with E-state index >= 15 is 0 Å². The average Bonchev–Trinajstić information content (AvgIpc) is 2.69. The number of methoxy groups -OCH3 is 1. The van der Waals surface area contributed by atoms with E-state index in [-0.39, 0.29) is 4.90 Å². The Balaban J connectivity index is 1.46. The second-order valence-corrected chi connectivity index (χ2v) is 8.32. The zero-order valence-electron chi connectivity index (χ0n) is 15.2. The van der Waals surface area contributed by atoms with Crippen LogP contribution in [0.3, 0.4) is 0 Å². The fourth-order valence-electron chi connectivity index (χ4n) is 3.03. The molecule has 1 aliphatic rings. The van der Waals surface area contributed by atoms with E-state index < -0.39 is 15.8 Å². The SMILES string of the molecule is COc1ccc(OCC[NH+]2CCN(S(=O)(=O)c3ccc(F)cc3)CC2)cc1. The van der Waals surface area contributed by atoms with Gasteiger partial charge in [-0.25, -0.2) is 12.8 Å². The minimum absolute atomic E-state index is 0.134. The molecule has 0 radical (unpaired) electrons. The molecule has 0 atom stereocenters. The van der Waals surface area contributed by atoms with Crippen LogP contribution in [-0.4, -0.2) is 59.2 Å². The van der Waals surface area contributed by atoms with Gasteiger partial charge < -0.3 is 14.4 Å². The molecular formula is C19H24FN2O4S+. The van der Waals surface area contributed by atoms with Crippen molar-refractivity contribution < 1.29 is 27.2 Å². The molecule has 0 amide bonds. The maximum absolute atomic E-state index is 13.0. The van der Waals surface area contributed by atoms with Crippen LogP contribution < -0.4 is 14.4 Å². The van der Waals surface area contributed by atoms with E-state index in [0.717, 1.165) is 18.0 Å². The van der Waals surface area contributed by atoms with Gasteiger partial charge in [0.05, 0.1) is 38.2 Å². The fourth-order valence-corrected chi connectivity index (χ4v) is 4.48. The topological polar surface area (TPSA) is 60.3 Å². The molecule has 27 heavy (non-hydrogen) atoms. The summed E-state index contributed by atoms with van der Waals surface area (Å²) >= 11 is 0. The molecule has 1 saturated heterocycles. The van der Waals surface area contributed by atoms with Crippen molar-refractivity contribution in [3.8, 4) is 11.5 Å². The van der Waals surface area contributed by atoms with E-state index in [9.17, 15) is 12.8 Å². The lowest BCUT2D eigenvalue weighted by atomic mass is 10.3. The van der Waals surface area contributed by atoms with Crippen molar-refractivity contribution in [2.24, 2.45) is 0 Å². The lowest BCUT2D eigenvalue weighted by Gasteiger charge is -2.31. The number of halogens is 1. The first-order valence-corrected chi connectivity index (χ1v) is 10.3. The molecule has 1 N–H and O–H groups in total. The number of benzene rings is 2. The Hall–Kier alpha value is -2.16. The number of hydrogen-bond donors (Lipinski definition) is 1. The summed E-state index contributed by atoms with van der Waals surface area (Å²) in [6.07, 6.45) is 0. The summed E-state index contributed by atoms with van der Waals surface area (Å²) in [6.45, 7) is 3.68. The number of sulfonamides is 1. The minimum Gasteiger partial charge on any atom is -0.497 e. The van der Waals surface area contributed by atoms with Crippen LogP contribution in [-0.2, 0) is 10.0 Å². The van der Waals surface area contributed by atoms with E-state index in [2.05, 4.69) is 0 Å². The quantitative estimate of drug-likeness (QED) is 0.754. The Morgan fingerprint density at radius 1 is 1.00 bits per heavy atom. The molecule has 6 nitrogen and oxygen atoms in total. The summed E-state index contributed by atoms with van der Waals surface area (Å²) in [6, 6.07) is 12.4. The molecule has 0 bridgehead atoms. The van der Waals surface area contributed by atoms with Crippen LogP contribution in [0.1, 0.15) is 0 Å². The zero-order chi connectivity index (χ0) is 19.3. The maximum Gasteiger partial charge on any atom is 0.243 e. The van der Waals surface area contributed by atoms with Crippen molar-refractivity contribution in [1.29, 1.82) is 0 Å². The van der Waals surface area contributed by atoms with Gasteiger partial charge in [0.15, 0.2) is 0 Å². The van der Waals surface area contributed by atoms with E-state index in [0.29, 0.717) is 32.8 Å². The summed E-state index contributed by atoms with van der Waals surface area (Å²) < 4.78 is 50.6. The van der Waals surface area contributed by atoms with Crippen LogP contribution in [0.2, 0.25) is 0 Å². The van der Waals surface area contributed by atoms with Crippen molar-refractivity contribution in [1.82, 2.24) is 4.31 Å². The molecule has 0 aromatic heterocycles. The van der Waals surface area contributed by atoms with Gasteiger partial charge in [-0.3, -0.25) is 0 Å². The van der Waals surface area contributed by atoms with Gasteiger partial charge >= 0.3 is 0 Å². The predicted molar refractivity (Wildman–Crippen MR) is 99.2 cm³/mol. The highest BCUT2D eigenvalue weighted by Crippen LogP contribution is 2.17. The fraction of sp³-hybridized carbons (Fsp3) is 0.368. The van der Waals surface area contributed by atoms with Crippen LogP contribution in [0.25, 0.3) is 0 Å². The third-order valence-corrected chi connectivity index (χ3v) is 6.58. The molecule has 0 aliphatic carbocycles. The Labute approximate surface area is 159 Å². The van der Waals surface area contributed by atoms with Gasteiger partial charge in [0.1, 0.15) is 30.5 Å². The van der Waals surface area contributed by atoms with E-state index in [4.69, 9.17) is 9.47 Å². The smallest absolute Gasteiger partial charge is 0.243 e. The predicted octanol–water partition coefficient (Wildman–Crippen LogP) is 0.803. The molecule has 8 heteroatoms. The molecule has 2 aromatic carbocycles. The third-order valence-electron chi connectivity index (χ3n) is 4.66. The normalized spacial score (nSPS) is 16.2. The molecular weight excluding hydrogens is 371 g/mol. The number of nitrogens with one attached hydrogen (secondary N) is 1. The second-order valence-electron chi connectivity index (χ2n) is 6.38. The van der Waals surface area contributed by atoms with Crippen molar-refractivity contribution in [2.45, 2.75) is 4.90 Å². The number of ether oxygens (including phenoxy) is 2. The first-order chi connectivity index (χ1) is 13.0. The largest absolute Gasteiger partial charge is 0.497 e. The molecule has 0 spiro atoms. The standard InChI is InChI=1S/C19H23FN2O4S/c1-25-17-4-6-18(7-5-17)26-15-14-21-10-12-22(13-11-21)27(23,24)19-8-2-16(20)3-9-19/h2-9H,10-15H2,1H3/p+1. The highest BCUT2D eigenvalue weighted by Gasteiger charge is 2.30. The van der Waals surface area contributed by atoms with Crippen molar-refractivity contribution in [3.05, 3.63) is 54.3 Å². The van der Waals surface area contributed by atoms with Crippen LogP contribution in [0, 0.1) is 5.82 Å². The van der Waals surface area contributed by atoms with E-state index in [1.165, 1.54) is 33.5 Å². The van der Waals surface area contributed by atoms with Crippen LogP contribution in [0.5, 0.6) is 11.5 Å². The Kier molecular flexibility index (Phi) is 6.30. The first kappa shape index (κ1) is 19.6. The van der Waals surface area contributed by atoms with Crippen LogP contribution in [0.15, 0.2) is 53.4 Å². The Morgan fingerprint density at radius 3 is 2.19 bits per heavy atom. The summed E-state index contributed by atoms with van der Waals surface area (Å²) in [7, 11) is -1.94. The second kappa shape index (κ2) is 8.69. The summed E-state index contributed by atoms with van der Waals surface area (Å²) in [5, 5.41) is 0.